The van der Waals surface area contributed by atoms with Crippen LogP contribution in [-0.4, -0.2) is 31.1 Å². The lowest BCUT2D eigenvalue weighted by atomic mass is 9.87. The number of ether oxygens (including phenoxy) is 1. The van der Waals surface area contributed by atoms with Crippen LogP contribution in [0.2, 0.25) is 0 Å². The Morgan fingerprint density at radius 3 is 2.50 bits per heavy atom. The Morgan fingerprint density at radius 2 is 1.79 bits per heavy atom. The molecule has 0 bridgehead atoms. The monoisotopic (exact) mass is 324 g/mol. The quantitative estimate of drug-likeness (QED) is 0.889. The average Bonchev–Trinajstić information content (AvgIpc) is 2.63. The Labute approximate surface area is 143 Å². The molecule has 4 heteroatoms. The van der Waals surface area contributed by atoms with Gasteiger partial charge >= 0.3 is 0 Å². The topological polar surface area (TPSA) is 50.4 Å². The molecule has 0 radical (unpaired) electrons. The maximum atomic E-state index is 12.5. The Morgan fingerprint density at radius 1 is 1.12 bits per heavy atom. The lowest BCUT2D eigenvalue weighted by molar-refractivity contribution is -0.128. The minimum Gasteiger partial charge on any atom is -0.481 e. The van der Waals surface area contributed by atoms with E-state index in [1.165, 1.54) is 5.56 Å². The van der Waals surface area contributed by atoms with E-state index in [4.69, 9.17) is 4.74 Å². The van der Waals surface area contributed by atoms with Crippen molar-refractivity contribution >= 4 is 5.91 Å². The number of nitrogens with one attached hydrogen (secondary N) is 2. The first-order valence-corrected chi connectivity index (χ1v) is 8.52. The molecule has 3 unspecified atom stereocenters. The van der Waals surface area contributed by atoms with Gasteiger partial charge in [0.25, 0.3) is 5.91 Å². The van der Waals surface area contributed by atoms with Gasteiger partial charge in [0.1, 0.15) is 5.75 Å². The molecule has 2 N–H and O–H groups in total. The number of amides is 1. The van der Waals surface area contributed by atoms with Crippen LogP contribution in [0.25, 0.3) is 0 Å². The highest BCUT2D eigenvalue weighted by atomic mass is 16.5. The molecule has 3 atom stereocenters. The third-order valence-electron chi connectivity index (χ3n) is 4.46. The lowest BCUT2D eigenvalue weighted by Gasteiger charge is -2.33. The molecule has 1 aliphatic heterocycles. The van der Waals surface area contributed by atoms with Gasteiger partial charge in [-0.1, -0.05) is 48.5 Å². The summed E-state index contributed by atoms with van der Waals surface area (Å²) in [4.78, 5) is 12.5. The van der Waals surface area contributed by atoms with Crippen LogP contribution in [0.4, 0.5) is 0 Å². The zero-order valence-corrected chi connectivity index (χ0v) is 13.9. The fourth-order valence-electron chi connectivity index (χ4n) is 3.14. The van der Waals surface area contributed by atoms with E-state index in [1.807, 2.05) is 48.5 Å². The summed E-state index contributed by atoms with van der Waals surface area (Å²) in [5.74, 6) is 0.935. The smallest absolute Gasteiger partial charge is 0.261 e. The maximum Gasteiger partial charge on any atom is 0.261 e. The molecular weight excluding hydrogens is 300 g/mol. The van der Waals surface area contributed by atoms with Crippen molar-refractivity contribution in [2.45, 2.75) is 31.4 Å². The molecule has 126 valence electrons. The summed E-state index contributed by atoms with van der Waals surface area (Å²) in [5, 5.41) is 6.61. The zero-order valence-electron chi connectivity index (χ0n) is 13.9. The van der Waals surface area contributed by atoms with Gasteiger partial charge in [0.15, 0.2) is 6.10 Å². The minimum absolute atomic E-state index is 0.0633. The third kappa shape index (κ3) is 4.15. The Hall–Kier alpha value is -2.33. The van der Waals surface area contributed by atoms with Crippen LogP contribution in [0.1, 0.15) is 24.8 Å². The summed E-state index contributed by atoms with van der Waals surface area (Å²) in [5.41, 5.74) is 1.26. The van der Waals surface area contributed by atoms with Crippen LogP contribution in [-0.2, 0) is 4.79 Å². The molecule has 0 spiro atoms. The van der Waals surface area contributed by atoms with Crippen LogP contribution < -0.4 is 15.4 Å². The molecule has 1 heterocycles. The van der Waals surface area contributed by atoms with Crippen LogP contribution in [0.5, 0.6) is 5.75 Å². The van der Waals surface area contributed by atoms with Crippen molar-refractivity contribution in [1.29, 1.82) is 0 Å². The summed E-state index contributed by atoms with van der Waals surface area (Å²) in [6.45, 7) is 3.59. The van der Waals surface area contributed by atoms with Gasteiger partial charge in [-0.2, -0.15) is 0 Å². The zero-order chi connectivity index (χ0) is 16.8. The number of hydrogen-bond acceptors (Lipinski definition) is 3. The van der Waals surface area contributed by atoms with Crippen molar-refractivity contribution in [3.8, 4) is 5.75 Å². The molecule has 1 aliphatic rings. The minimum atomic E-state index is -0.515. The predicted molar refractivity (Wildman–Crippen MR) is 95.1 cm³/mol. The van der Waals surface area contributed by atoms with Crippen LogP contribution in [0, 0.1) is 0 Å². The first-order valence-electron chi connectivity index (χ1n) is 8.52. The van der Waals surface area contributed by atoms with E-state index in [-0.39, 0.29) is 17.9 Å². The van der Waals surface area contributed by atoms with Crippen LogP contribution >= 0.6 is 0 Å². The standard InChI is InChI=1S/C20H24N2O2/c1-15(24-17-10-6-3-7-11-17)20(23)22-19-12-13-21-14-18(19)16-8-4-2-5-9-16/h2-11,15,18-19,21H,12-14H2,1H3,(H,22,23). The molecule has 1 saturated heterocycles. The van der Waals surface area contributed by atoms with Crippen molar-refractivity contribution in [3.63, 3.8) is 0 Å². The number of piperidine rings is 1. The van der Waals surface area contributed by atoms with E-state index in [0.29, 0.717) is 5.75 Å². The third-order valence-corrected chi connectivity index (χ3v) is 4.46. The number of carbonyl (C=O) groups is 1. The second-order valence-electron chi connectivity index (χ2n) is 6.20. The lowest BCUT2D eigenvalue weighted by Crippen LogP contribution is -2.51. The second-order valence-corrected chi connectivity index (χ2v) is 6.20. The molecule has 2 aromatic carbocycles. The molecule has 0 aromatic heterocycles. The molecule has 3 rings (SSSR count). The highest BCUT2D eigenvalue weighted by Gasteiger charge is 2.29. The molecule has 1 fully saturated rings. The van der Waals surface area contributed by atoms with Gasteiger partial charge in [-0.15, -0.1) is 0 Å². The van der Waals surface area contributed by atoms with E-state index in [1.54, 1.807) is 6.92 Å². The summed E-state index contributed by atoms with van der Waals surface area (Å²) >= 11 is 0. The molecule has 24 heavy (non-hydrogen) atoms. The van der Waals surface area contributed by atoms with Gasteiger partial charge < -0.3 is 15.4 Å². The van der Waals surface area contributed by atoms with E-state index < -0.39 is 6.10 Å². The van der Waals surface area contributed by atoms with Gasteiger partial charge in [0.2, 0.25) is 0 Å². The van der Waals surface area contributed by atoms with Gasteiger partial charge in [-0.3, -0.25) is 4.79 Å². The van der Waals surface area contributed by atoms with Gasteiger partial charge in [0, 0.05) is 18.5 Å². The predicted octanol–water partition coefficient (Wildman–Crippen LogP) is 2.72. The van der Waals surface area contributed by atoms with Crippen LogP contribution in [0.3, 0.4) is 0 Å². The molecule has 0 aliphatic carbocycles. The second kappa shape index (κ2) is 7.97. The summed E-state index contributed by atoms with van der Waals surface area (Å²) in [6, 6.07) is 19.9. The molecule has 0 saturated carbocycles. The average molecular weight is 324 g/mol. The highest BCUT2D eigenvalue weighted by molar-refractivity contribution is 5.81. The van der Waals surface area contributed by atoms with E-state index in [0.717, 1.165) is 19.5 Å². The SMILES string of the molecule is CC(Oc1ccccc1)C(=O)NC1CCNCC1c1ccccc1. The molecule has 1 amide bonds. The van der Waals surface area contributed by atoms with Crippen molar-refractivity contribution in [1.82, 2.24) is 10.6 Å². The first kappa shape index (κ1) is 16.5. The van der Waals surface area contributed by atoms with Crippen molar-refractivity contribution in [2.75, 3.05) is 13.1 Å². The molecule has 4 nitrogen and oxygen atoms in total. The van der Waals surface area contributed by atoms with E-state index in [2.05, 4.69) is 22.8 Å². The fourth-order valence-corrected chi connectivity index (χ4v) is 3.14. The molecule has 2 aromatic rings. The largest absolute Gasteiger partial charge is 0.481 e. The normalized spacial score (nSPS) is 21.7. The Kier molecular flexibility index (Phi) is 5.49. The Bertz CT molecular complexity index is 645. The number of hydrogen-bond donors (Lipinski definition) is 2. The number of para-hydroxylation sites is 1. The first-order chi connectivity index (χ1) is 11.7. The number of benzene rings is 2. The van der Waals surface area contributed by atoms with Crippen molar-refractivity contribution in [2.24, 2.45) is 0 Å². The summed E-state index contributed by atoms with van der Waals surface area (Å²) in [6.07, 6.45) is 0.405. The summed E-state index contributed by atoms with van der Waals surface area (Å²) < 4.78 is 5.73. The maximum absolute atomic E-state index is 12.5. The number of carbonyl (C=O) groups excluding carboxylic acids is 1. The number of rotatable bonds is 5. The molecular formula is C20H24N2O2. The fraction of sp³-hybridized carbons (Fsp3) is 0.350. The van der Waals surface area contributed by atoms with E-state index >= 15 is 0 Å². The van der Waals surface area contributed by atoms with Gasteiger partial charge in [-0.25, -0.2) is 0 Å². The summed E-state index contributed by atoms with van der Waals surface area (Å²) in [7, 11) is 0. The van der Waals surface area contributed by atoms with Crippen molar-refractivity contribution < 1.29 is 9.53 Å². The van der Waals surface area contributed by atoms with Gasteiger partial charge in [-0.05, 0) is 37.6 Å². The van der Waals surface area contributed by atoms with E-state index in [9.17, 15) is 4.79 Å². The van der Waals surface area contributed by atoms with Gasteiger partial charge in [0.05, 0.1) is 0 Å². The van der Waals surface area contributed by atoms with Crippen molar-refractivity contribution in [3.05, 3.63) is 66.2 Å². The Balaban J connectivity index is 1.63. The van der Waals surface area contributed by atoms with Crippen LogP contribution in [0.15, 0.2) is 60.7 Å². The highest BCUT2D eigenvalue weighted by Crippen LogP contribution is 2.24.